The molecule has 2 N–H and O–H groups in total. The van der Waals surface area contributed by atoms with Crippen LogP contribution < -0.4 is 9.47 Å². The SMILES string of the molecule is CCCCCCCCCCCCOc1ccc(C(OC(c2ccc(O)cc2)c2ccc(OCCCCCCCCCCCC)cc2)c2ccc(O)cc2)cc1. The second-order valence-electron chi connectivity index (χ2n) is 15.3. The maximum atomic E-state index is 10.1. The number of benzene rings is 4. The zero-order chi connectivity index (χ0) is 38.8. The minimum absolute atomic E-state index is 0.210. The van der Waals surface area contributed by atoms with E-state index in [0.717, 1.165) is 59.8 Å². The number of aromatic hydroxyl groups is 2. The van der Waals surface area contributed by atoms with E-state index in [1.165, 1.54) is 116 Å². The first-order valence-corrected chi connectivity index (χ1v) is 21.8. The van der Waals surface area contributed by atoms with Crippen molar-refractivity contribution < 1.29 is 24.4 Å². The Morgan fingerprint density at radius 1 is 0.345 bits per heavy atom. The van der Waals surface area contributed by atoms with Gasteiger partial charge in [-0.1, -0.05) is 178 Å². The highest BCUT2D eigenvalue weighted by atomic mass is 16.5. The van der Waals surface area contributed by atoms with Gasteiger partial charge >= 0.3 is 0 Å². The van der Waals surface area contributed by atoms with E-state index >= 15 is 0 Å². The summed E-state index contributed by atoms with van der Waals surface area (Å²) in [6.07, 6.45) is 25.2. The monoisotopic (exact) mass is 751 g/mol. The third kappa shape index (κ3) is 17.2. The molecule has 2 atom stereocenters. The minimum Gasteiger partial charge on any atom is -0.508 e. The van der Waals surface area contributed by atoms with Gasteiger partial charge in [0.25, 0.3) is 0 Å². The van der Waals surface area contributed by atoms with Crippen molar-refractivity contribution in [3.63, 3.8) is 0 Å². The molecule has 0 radical (unpaired) electrons. The van der Waals surface area contributed by atoms with Crippen LogP contribution in [0.1, 0.15) is 177 Å². The van der Waals surface area contributed by atoms with Gasteiger partial charge in [0, 0.05) is 0 Å². The maximum absolute atomic E-state index is 10.1. The third-order valence-electron chi connectivity index (χ3n) is 10.6. The van der Waals surface area contributed by atoms with Gasteiger partial charge in [0.15, 0.2) is 0 Å². The molecule has 5 heteroatoms. The van der Waals surface area contributed by atoms with Crippen LogP contribution in [-0.4, -0.2) is 23.4 Å². The van der Waals surface area contributed by atoms with E-state index in [2.05, 4.69) is 38.1 Å². The molecule has 4 rings (SSSR count). The number of rotatable bonds is 30. The summed E-state index contributed by atoms with van der Waals surface area (Å²) in [7, 11) is 0. The zero-order valence-electron chi connectivity index (χ0n) is 34.1. The van der Waals surface area contributed by atoms with Crippen LogP contribution in [0, 0.1) is 0 Å². The van der Waals surface area contributed by atoms with Gasteiger partial charge in [0.1, 0.15) is 35.2 Å². The van der Waals surface area contributed by atoms with E-state index in [1.807, 2.05) is 48.5 Å². The lowest BCUT2D eigenvalue weighted by atomic mass is 9.97. The molecular formula is C50H70O5. The van der Waals surface area contributed by atoms with E-state index in [1.54, 1.807) is 24.3 Å². The Morgan fingerprint density at radius 3 is 0.891 bits per heavy atom. The molecule has 0 aliphatic rings. The van der Waals surface area contributed by atoms with Crippen LogP contribution in [0.5, 0.6) is 23.0 Å². The molecule has 2 unspecified atom stereocenters. The summed E-state index contributed by atoms with van der Waals surface area (Å²) in [5.74, 6) is 2.13. The summed E-state index contributed by atoms with van der Waals surface area (Å²) in [5.41, 5.74) is 3.82. The molecule has 0 aromatic heterocycles. The predicted molar refractivity (Wildman–Crippen MR) is 229 cm³/mol. The summed E-state index contributed by atoms with van der Waals surface area (Å²) in [6, 6.07) is 30.8. The average molecular weight is 751 g/mol. The quantitative estimate of drug-likeness (QED) is 0.0520. The first kappa shape index (κ1) is 43.8. The van der Waals surface area contributed by atoms with Gasteiger partial charge in [0.05, 0.1) is 13.2 Å². The summed E-state index contributed by atoms with van der Waals surface area (Å²) in [5, 5.41) is 20.2. The maximum Gasteiger partial charge on any atom is 0.119 e. The highest BCUT2D eigenvalue weighted by Crippen LogP contribution is 2.38. The van der Waals surface area contributed by atoms with E-state index < -0.39 is 12.2 Å². The summed E-state index contributed by atoms with van der Waals surface area (Å²) in [4.78, 5) is 0. The van der Waals surface area contributed by atoms with Crippen molar-refractivity contribution in [2.45, 2.75) is 154 Å². The minimum atomic E-state index is -0.428. The largest absolute Gasteiger partial charge is 0.508 e. The Labute approximate surface area is 333 Å². The number of unbranched alkanes of at least 4 members (excludes halogenated alkanes) is 18. The fourth-order valence-electron chi connectivity index (χ4n) is 7.17. The highest BCUT2D eigenvalue weighted by Gasteiger charge is 2.24. The molecule has 0 saturated heterocycles. The molecule has 55 heavy (non-hydrogen) atoms. The Hall–Kier alpha value is -3.96. The van der Waals surface area contributed by atoms with Crippen molar-refractivity contribution in [1.29, 1.82) is 0 Å². The molecule has 0 heterocycles. The Morgan fingerprint density at radius 2 is 0.600 bits per heavy atom. The Bertz CT molecular complexity index is 1400. The van der Waals surface area contributed by atoms with E-state index in [0.29, 0.717) is 0 Å². The predicted octanol–water partition coefficient (Wildman–Crippen LogP) is 14.6. The number of ether oxygens (including phenoxy) is 3. The molecule has 0 aliphatic heterocycles. The van der Waals surface area contributed by atoms with Crippen molar-refractivity contribution in [3.8, 4) is 23.0 Å². The van der Waals surface area contributed by atoms with Crippen molar-refractivity contribution in [3.05, 3.63) is 119 Å². The van der Waals surface area contributed by atoms with E-state index in [9.17, 15) is 10.2 Å². The summed E-state index contributed by atoms with van der Waals surface area (Å²) in [6.45, 7) is 5.98. The Kier molecular flexibility index (Phi) is 21.3. The third-order valence-corrected chi connectivity index (χ3v) is 10.6. The lowest BCUT2D eigenvalue weighted by Gasteiger charge is -2.27. The van der Waals surface area contributed by atoms with Crippen LogP contribution in [0.4, 0.5) is 0 Å². The number of phenols is 2. The first-order chi connectivity index (χ1) is 27.1. The number of hydrogen-bond acceptors (Lipinski definition) is 5. The van der Waals surface area contributed by atoms with Crippen LogP contribution in [-0.2, 0) is 4.74 Å². The molecule has 0 fully saturated rings. The molecule has 300 valence electrons. The van der Waals surface area contributed by atoms with Gasteiger partial charge in [-0.3, -0.25) is 0 Å². The molecule has 5 nitrogen and oxygen atoms in total. The normalized spacial score (nSPS) is 12.4. The van der Waals surface area contributed by atoms with Crippen LogP contribution in [0.3, 0.4) is 0 Å². The van der Waals surface area contributed by atoms with Crippen molar-refractivity contribution in [2.75, 3.05) is 13.2 Å². The standard InChI is InChI=1S/C50H70O5/c1-3-5-7-9-11-13-15-17-19-21-39-53-47-35-27-43(28-36-47)49(41-23-31-45(51)32-24-41)55-50(42-25-33-46(52)34-26-42)44-29-37-48(38-30-44)54-40-22-20-18-16-14-12-10-8-6-4-2/h23-38,49-52H,3-22,39-40H2,1-2H3. The van der Waals surface area contributed by atoms with Gasteiger partial charge in [-0.15, -0.1) is 0 Å². The molecule has 4 aromatic carbocycles. The molecule has 0 aliphatic carbocycles. The van der Waals surface area contributed by atoms with Crippen molar-refractivity contribution >= 4 is 0 Å². The van der Waals surface area contributed by atoms with E-state index in [4.69, 9.17) is 14.2 Å². The molecular weight excluding hydrogens is 681 g/mol. The number of hydrogen-bond donors (Lipinski definition) is 2. The second-order valence-corrected chi connectivity index (χ2v) is 15.3. The summed E-state index contributed by atoms with van der Waals surface area (Å²) >= 11 is 0. The highest BCUT2D eigenvalue weighted by molar-refractivity contribution is 5.40. The van der Waals surface area contributed by atoms with Gasteiger partial charge in [-0.2, -0.15) is 0 Å². The van der Waals surface area contributed by atoms with Crippen LogP contribution in [0.25, 0.3) is 0 Å². The molecule has 0 bridgehead atoms. The molecule has 4 aromatic rings. The number of phenolic OH excluding ortho intramolecular Hbond substituents is 2. The van der Waals surface area contributed by atoms with Gasteiger partial charge in [-0.25, -0.2) is 0 Å². The lowest BCUT2D eigenvalue weighted by Crippen LogP contribution is -2.13. The van der Waals surface area contributed by atoms with Gasteiger partial charge in [0.2, 0.25) is 0 Å². The van der Waals surface area contributed by atoms with Crippen molar-refractivity contribution in [2.24, 2.45) is 0 Å². The van der Waals surface area contributed by atoms with Crippen LogP contribution in [0.15, 0.2) is 97.1 Å². The van der Waals surface area contributed by atoms with Gasteiger partial charge < -0.3 is 24.4 Å². The topological polar surface area (TPSA) is 68.2 Å². The fraction of sp³-hybridized carbons (Fsp3) is 0.520. The fourth-order valence-corrected chi connectivity index (χ4v) is 7.17. The molecule has 0 saturated carbocycles. The van der Waals surface area contributed by atoms with Gasteiger partial charge in [-0.05, 0) is 83.6 Å². The lowest BCUT2D eigenvalue weighted by molar-refractivity contribution is 0.0307. The van der Waals surface area contributed by atoms with Crippen LogP contribution >= 0.6 is 0 Å². The smallest absolute Gasteiger partial charge is 0.119 e. The van der Waals surface area contributed by atoms with Crippen molar-refractivity contribution in [1.82, 2.24) is 0 Å². The molecule has 0 spiro atoms. The van der Waals surface area contributed by atoms with Crippen LogP contribution in [0.2, 0.25) is 0 Å². The Balaban J connectivity index is 1.34. The average Bonchev–Trinajstić information content (AvgIpc) is 3.21. The van der Waals surface area contributed by atoms with E-state index in [-0.39, 0.29) is 11.5 Å². The second kappa shape index (κ2) is 26.8. The molecule has 0 amide bonds. The zero-order valence-corrected chi connectivity index (χ0v) is 34.1. The summed E-state index contributed by atoms with van der Waals surface area (Å²) < 4.78 is 19.3. The first-order valence-electron chi connectivity index (χ1n) is 21.8.